The van der Waals surface area contributed by atoms with E-state index >= 15 is 0 Å². The van der Waals surface area contributed by atoms with Crippen molar-refractivity contribution in [1.82, 2.24) is 19.5 Å². The lowest BCUT2D eigenvalue weighted by Gasteiger charge is -2.36. The molecule has 1 aliphatic rings. The van der Waals surface area contributed by atoms with E-state index in [1.165, 1.54) is 4.52 Å². The molecule has 1 aliphatic heterocycles. The van der Waals surface area contributed by atoms with Crippen LogP contribution >= 0.6 is 11.6 Å². The van der Waals surface area contributed by atoms with Crippen LogP contribution in [0.25, 0.3) is 5.65 Å². The van der Waals surface area contributed by atoms with E-state index in [1.54, 1.807) is 23.2 Å². The predicted molar refractivity (Wildman–Crippen MR) is 106 cm³/mol. The second kappa shape index (κ2) is 8.34. The molecule has 1 atom stereocenters. The van der Waals surface area contributed by atoms with E-state index in [9.17, 15) is 9.59 Å². The number of nitrogens with one attached hydrogen (secondary N) is 1. The predicted octanol–water partition coefficient (Wildman–Crippen LogP) is 3.89. The Balaban J connectivity index is 1.56. The summed E-state index contributed by atoms with van der Waals surface area (Å²) in [5.41, 5.74) is 0.0688. The number of fused-ring (bicyclic) bond motifs is 1. The minimum Gasteiger partial charge on any atom is -0.444 e. The Morgan fingerprint density at radius 3 is 2.86 bits per heavy atom. The first-order valence-electron chi connectivity index (χ1n) is 9.53. The molecule has 28 heavy (non-hydrogen) atoms. The number of hydrogen-bond acceptors (Lipinski definition) is 5. The van der Waals surface area contributed by atoms with Crippen LogP contribution in [0.3, 0.4) is 0 Å². The Kier molecular flexibility index (Phi) is 6.07. The molecule has 2 aromatic heterocycles. The molecule has 3 heterocycles. The quantitative estimate of drug-likeness (QED) is 0.830. The lowest BCUT2D eigenvalue weighted by atomic mass is 9.98. The van der Waals surface area contributed by atoms with E-state index < -0.39 is 5.60 Å². The van der Waals surface area contributed by atoms with Crippen LogP contribution in [0.1, 0.15) is 52.9 Å². The molecule has 0 saturated carbocycles. The molecule has 1 N–H and O–H groups in total. The van der Waals surface area contributed by atoms with Crippen LogP contribution in [0.5, 0.6) is 0 Å². The fourth-order valence-electron chi connectivity index (χ4n) is 3.28. The molecular weight excluding hydrogens is 382 g/mol. The molecule has 1 fully saturated rings. The molecule has 3 rings (SSSR count). The maximum atomic E-state index is 12.5. The number of piperidine rings is 1. The van der Waals surface area contributed by atoms with Gasteiger partial charge < -0.3 is 15.0 Å². The highest BCUT2D eigenvalue weighted by atomic mass is 35.5. The second-order valence-corrected chi connectivity index (χ2v) is 8.38. The monoisotopic (exact) mass is 407 g/mol. The second-order valence-electron chi connectivity index (χ2n) is 8.00. The average Bonchev–Trinajstić information content (AvgIpc) is 3.00. The molecule has 0 bridgehead atoms. The molecule has 2 aromatic rings. The van der Waals surface area contributed by atoms with Crippen molar-refractivity contribution in [3.05, 3.63) is 23.5 Å². The maximum absolute atomic E-state index is 12.5. The molecule has 0 aromatic carbocycles. The zero-order chi connectivity index (χ0) is 20.3. The van der Waals surface area contributed by atoms with Gasteiger partial charge in [-0.25, -0.2) is 14.3 Å². The van der Waals surface area contributed by atoms with Gasteiger partial charge in [-0.2, -0.15) is 5.10 Å². The van der Waals surface area contributed by atoms with Crippen molar-refractivity contribution in [2.24, 2.45) is 0 Å². The van der Waals surface area contributed by atoms with Gasteiger partial charge in [0.25, 0.3) is 0 Å². The van der Waals surface area contributed by atoms with Crippen LogP contribution in [0, 0.1) is 0 Å². The zero-order valence-electron chi connectivity index (χ0n) is 16.4. The summed E-state index contributed by atoms with van der Waals surface area (Å²) >= 11 is 5.86. The summed E-state index contributed by atoms with van der Waals surface area (Å²) in [5, 5.41) is 7.23. The van der Waals surface area contributed by atoms with Crippen molar-refractivity contribution in [3.8, 4) is 0 Å². The number of carbonyl (C=O) groups is 2. The van der Waals surface area contributed by atoms with Gasteiger partial charge in [0.15, 0.2) is 11.5 Å². The van der Waals surface area contributed by atoms with Crippen molar-refractivity contribution in [3.63, 3.8) is 0 Å². The number of ether oxygens (including phenoxy) is 1. The molecule has 2 amide bonds. The smallest absolute Gasteiger partial charge is 0.410 e. The summed E-state index contributed by atoms with van der Waals surface area (Å²) in [7, 11) is 0. The van der Waals surface area contributed by atoms with E-state index in [1.807, 2.05) is 20.8 Å². The van der Waals surface area contributed by atoms with E-state index in [-0.39, 0.29) is 18.0 Å². The molecule has 0 aliphatic carbocycles. The van der Waals surface area contributed by atoms with Crippen LogP contribution in [0.2, 0.25) is 5.15 Å². The molecule has 152 valence electrons. The van der Waals surface area contributed by atoms with Crippen LogP contribution in [0.4, 0.5) is 10.6 Å². The van der Waals surface area contributed by atoms with Crippen LogP contribution < -0.4 is 5.32 Å². The molecule has 0 radical (unpaired) electrons. The summed E-state index contributed by atoms with van der Waals surface area (Å²) in [4.78, 5) is 30.9. The van der Waals surface area contributed by atoms with Crippen molar-refractivity contribution in [2.75, 3.05) is 11.9 Å². The van der Waals surface area contributed by atoms with Gasteiger partial charge in [0, 0.05) is 19.0 Å². The number of likely N-dealkylation sites (tertiary alicyclic amines) is 1. The van der Waals surface area contributed by atoms with Crippen LogP contribution in [-0.2, 0) is 9.53 Å². The van der Waals surface area contributed by atoms with Gasteiger partial charge in [-0.05, 0) is 58.6 Å². The Bertz CT molecular complexity index is 861. The number of amides is 2. The average molecular weight is 408 g/mol. The Hall–Kier alpha value is -2.35. The van der Waals surface area contributed by atoms with E-state index in [0.717, 1.165) is 19.3 Å². The number of nitrogens with zero attached hydrogens (tertiary/aromatic N) is 4. The minimum atomic E-state index is -0.531. The van der Waals surface area contributed by atoms with Gasteiger partial charge in [0.1, 0.15) is 10.8 Å². The topological polar surface area (TPSA) is 88.8 Å². The van der Waals surface area contributed by atoms with Gasteiger partial charge in [-0.3, -0.25) is 4.79 Å². The summed E-state index contributed by atoms with van der Waals surface area (Å²) in [6, 6.07) is 3.38. The third-order valence-electron chi connectivity index (χ3n) is 4.51. The van der Waals surface area contributed by atoms with Gasteiger partial charge in [-0.1, -0.05) is 11.6 Å². The highest BCUT2D eigenvalue weighted by Gasteiger charge is 2.30. The summed E-state index contributed by atoms with van der Waals surface area (Å²) in [6.45, 7) is 6.23. The van der Waals surface area contributed by atoms with Gasteiger partial charge >= 0.3 is 6.09 Å². The molecular formula is C19H26ClN5O3. The number of carbonyl (C=O) groups excluding carboxylic acids is 2. The first kappa shape index (κ1) is 20.4. The lowest BCUT2D eigenvalue weighted by Crippen LogP contribution is -2.46. The molecule has 9 heteroatoms. The number of aromatic nitrogens is 3. The van der Waals surface area contributed by atoms with E-state index in [2.05, 4.69) is 15.4 Å². The van der Waals surface area contributed by atoms with Crippen molar-refractivity contribution in [2.45, 2.75) is 64.5 Å². The number of halogens is 1. The Morgan fingerprint density at radius 1 is 1.32 bits per heavy atom. The number of rotatable bonds is 4. The molecule has 8 nitrogen and oxygen atoms in total. The SMILES string of the molecule is CC(C)(C)OC(=O)N1CCCCC1CCC(=O)Nc1cn2nc(Cl)ccc2n1. The first-order valence-corrected chi connectivity index (χ1v) is 9.90. The van der Waals surface area contributed by atoms with Crippen LogP contribution in [0.15, 0.2) is 18.3 Å². The summed E-state index contributed by atoms with van der Waals surface area (Å²) in [6.07, 6.45) is 5.08. The fourth-order valence-corrected chi connectivity index (χ4v) is 3.43. The maximum Gasteiger partial charge on any atom is 0.410 e. The van der Waals surface area contributed by atoms with Crippen LogP contribution in [-0.4, -0.2) is 49.7 Å². The van der Waals surface area contributed by atoms with Gasteiger partial charge in [0.2, 0.25) is 5.91 Å². The Labute approximate surface area is 169 Å². The molecule has 1 saturated heterocycles. The third-order valence-corrected chi connectivity index (χ3v) is 4.72. The zero-order valence-corrected chi connectivity index (χ0v) is 17.2. The standard InChI is InChI=1S/C19H26ClN5O3/c1-19(2,3)28-18(27)24-11-5-4-6-13(24)7-10-17(26)22-15-12-25-16(21-15)9-8-14(20)23-25/h8-9,12-13H,4-7,10-11H2,1-3H3,(H,22,26). The number of hydrogen-bond donors (Lipinski definition) is 1. The van der Waals surface area contributed by atoms with E-state index in [0.29, 0.717) is 36.0 Å². The summed E-state index contributed by atoms with van der Waals surface area (Å²) < 4.78 is 7.03. The third kappa shape index (κ3) is 5.34. The highest BCUT2D eigenvalue weighted by Crippen LogP contribution is 2.23. The largest absolute Gasteiger partial charge is 0.444 e. The Morgan fingerprint density at radius 2 is 2.11 bits per heavy atom. The van der Waals surface area contributed by atoms with Gasteiger partial charge in [0.05, 0.1) is 6.20 Å². The molecule has 0 spiro atoms. The number of anilines is 1. The highest BCUT2D eigenvalue weighted by molar-refractivity contribution is 6.29. The summed E-state index contributed by atoms with van der Waals surface area (Å²) in [5.74, 6) is 0.275. The first-order chi connectivity index (χ1) is 13.2. The molecule has 1 unspecified atom stereocenters. The number of imidazole rings is 1. The van der Waals surface area contributed by atoms with Crippen molar-refractivity contribution < 1.29 is 14.3 Å². The van der Waals surface area contributed by atoms with Crippen molar-refractivity contribution >= 4 is 35.1 Å². The van der Waals surface area contributed by atoms with Crippen molar-refractivity contribution in [1.29, 1.82) is 0 Å². The normalized spacial score (nSPS) is 17.6. The lowest BCUT2D eigenvalue weighted by molar-refractivity contribution is -0.116. The fraction of sp³-hybridized carbons (Fsp3) is 0.579. The van der Waals surface area contributed by atoms with Gasteiger partial charge in [-0.15, -0.1) is 0 Å². The van der Waals surface area contributed by atoms with E-state index in [4.69, 9.17) is 16.3 Å². The minimum absolute atomic E-state index is 0.0101.